The van der Waals surface area contributed by atoms with E-state index in [0.29, 0.717) is 10.4 Å². The Hall–Kier alpha value is -2.01. The number of rotatable bonds is 3. The Bertz CT molecular complexity index is 533. The van der Waals surface area contributed by atoms with Crippen LogP contribution in [0.3, 0.4) is 0 Å². The first-order chi connectivity index (χ1) is 7.68. The molecule has 0 bridgehead atoms. The number of thiophene rings is 1. The normalized spacial score (nSPS) is 10.0. The van der Waals surface area contributed by atoms with E-state index >= 15 is 0 Å². The van der Waals surface area contributed by atoms with Crippen LogP contribution in [0.4, 0.5) is 0 Å². The fourth-order valence-corrected chi connectivity index (χ4v) is 2.03. The summed E-state index contributed by atoms with van der Waals surface area (Å²) >= 11 is 0.974. The highest BCUT2D eigenvalue weighted by molar-refractivity contribution is 7.16. The van der Waals surface area contributed by atoms with E-state index in [1.807, 2.05) is 0 Å². The highest BCUT2D eigenvalue weighted by Crippen LogP contribution is 2.19. The summed E-state index contributed by atoms with van der Waals surface area (Å²) in [6.07, 6.45) is 3.05. The fraction of sp³-hybridized carbons (Fsp3) is 0. The summed E-state index contributed by atoms with van der Waals surface area (Å²) < 4.78 is 0. The number of hydrogen-bond donors (Lipinski definition) is 1. The predicted molar refractivity (Wildman–Crippen MR) is 58.9 cm³/mol. The number of carbonyl (C=O) groups is 2. The number of pyridine rings is 1. The van der Waals surface area contributed by atoms with E-state index in [1.54, 1.807) is 12.1 Å². The summed E-state index contributed by atoms with van der Waals surface area (Å²) in [7, 11) is 0. The van der Waals surface area contributed by atoms with Crippen molar-refractivity contribution < 1.29 is 14.7 Å². The first-order valence-corrected chi connectivity index (χ1v) is 5.28. The molecule has 4 nitrogen and oxygen atoms in total. The van der Waals surface area contributed by atoms with Gasteiger partial charge in [-0.15, -0.1) is 11.3 Å². The van der Waals surface area contributed by atoms with E-state index in [-0.39, 0.29) is 10.7 Å². The standard InChI is InChI=1S/C11H7NO3S/c13-10(7-3-5-12-6-4-7)8-1-2-9(16-8)11(14)15/h1-6H,(H,14,15). The molecule has 5 heteroatoms. The summed E-state index contributed by atoms with van der Waals surface area (Å²) in [5.41, 5.74) is 0.508. The highest BCUT2D eigenvalue weighted by Gasteiger charge is 2.14. The lowest BCUT2D eigenvalue weighted by Gasteiger charge is -1.95. The molecule has 0 saturated carbocycles. The van der Waals surface area contributed by atoms with Gasteiger partial charge in [-0.3, -0.25) is 9.78 Å². The van der Waals surface area contributed by atoms with Gasteiger partial charge < -0.3 is 5.11 Å². The van der Waals surface area contributed by atoms with Crippen molar-refractivity contribution in [3.8, 4) is 0 Å². The second kappa shape index (κ2) is 4.24. The van der Waals surface area contributed by atoms with Gasteiger partial charge >= 0.3 is 5.97 Å². The number of aromatic nitrogens is 1. The van der Waals surface area contributed by atoms with Crippen molar-refractivity contribution in [3.63, 3.8) is 0 Å². The topological polar surface area (TPSA) is 67.3 Å². The molecule has 0 saturated heterocycles. The van der Waals surface area contributed by atoms with Gasteiger partial charge in [0, 0.05) is 18.0 Å². The number of aromatic carboxylic acids is 1. The average molecular weight is 233 g/mol. The molecule has 0 aliphatic rings. The second-order valence-corrected chi connectivity index (χ2v) is 4.12. The van der Waals surface area contributed by atoms with Crippen molar-refractivity contribution in [2.24, 2.45) is 0 Å². The maximum atomic E-state index is 11.9. The number of carboxylic acid groups (broad SMARTS) is 1. The van der Waals surface area contributed by atoms with Crippen LogP contribution in [0.15, 0.2) is 36.7 Å². The molecule has 0 amide bonds. The molecule has 2 rings (SSSR count). The lowest BCUT2D eigenvalue weighted by Crippen LogP contribution is -1.98. The maximum absolute atomic E-state index is 11.9. The molecule has 0 atom stereocenters. The third kappa shape index (κ3) is 1.99. The van der Waals surface area contributed by atoms with Crippen LogP contribution in [-0.4, -0.2) is 21.8 Å². The summed E-state index contributed by atoms with van der Waals surface area (Å²) in [5, 5.41) is 8.74. The van der Waals surface area contributed by atoms with Crippen molar-refractivity contribution in [2.45, 2.75) is 0 Å². The van der Waals surface area contributed by atoms with E-state index in [0.717, 1.165) is 11.3 Å². The summed E-state index contributed by atoms with van der Waals surface area (Å²) in [5.74, 6) is -1.20. The molecule has 2 aromatic rings. The van der Waals surface area contributed by atoms with Crippen LogP contribution < -0.4 is 0 Å². The molecular weight excluding hydrogens is 226 g/mol. The van der Waals surface area contributed by atoms with Crippen LogP contribution in [0, 0.1) is 0 Å². The second-order valence-electron chi connectivity index (χ2n) is 3.03. The molecule has 2 heterocycles. The minimum atomic E-state index is -1.02. The van der Waals surface area contributed by atoms with Crippen LogP contribution in [0.1, 0.15) is 24.9 Å². The van der Waals surface area contributed by atoms with E-state index < -0.39 is 5.97 Å². The molecule has 1 N–H and O–H groups in total. The molecule has 0 aliphatic heterocycles. The highest BCUT2D eigenvalue weighted by atomic mass is 32.1. The first kappa shape index (κ1) is 10.5. The van der Waals surface area contributed by atoms with Gasteiger partial charge in [0.2, 0.25) is 5.78 Å². The molecule has 0 aliphatic carbocycles. The van der Waals surface area contributed by atoms with Crippen molar-refractivity contribution in [1.29, 1.82) is 0 Å². The van der Waals surface area contributed by atoms with E-state index in [1.165, 1.54) is 24.5 Å². The van der Waals surface area contributed by atoms with E-state index in [4.69, 9.17) is 5.11 Å². The number of hydrogen-bond acceptors (Lipinski definition) is 4. The van der Waals surface area contributed by atoms with Crippen molar-refractivity contribution in [3.05, 3.63) is 52.0 Å². The zero-order chi connectivity index (χ0) is 11.5. The Labute approximate surface area is 95.2 Å². The lowest BCUT2D eigenvalue weighted by molar-refractivity contribution is 0.0702. The Morgan fingerprint density at radius 3 is 2.25 bits per heavy atom. The quantitative estimate of drug-likeness (QED) is 0.824. The third-order valence-corrected chi connectivity index (χ3v) is 3.06. The minimum absolute atomic E-state index is 0.164. The van der Waals surface area contributed by atoms with Gasteiger partial charge in [0.15, 0.2) is 0 Å². The number of carboxylic acids is 1. The van der Waals surface area contributed by atoms with Crippen LogP contribution in [0.5, 0.6) is 0 Å². The number of nitrogens with zero attached hydrogens (tertiary/aromatic N) is 1. The van der Waals surface area contributed by atoms with Gasteiger partial charge in [0.05, 0.1) is 4.88 Å². The van der Waals surface area contributed by atoms with E-state index in [2.05, 4.69) is 4.98 Å². The van der Waals surface area contributed by atoms with Crippen LogP contribution in [0.25, 0.3) is 0 Å². The van der Waals surface area contributed by atoms with Crippen LogP contribution >= 0.6 is 11.3 Å². The van der Waals surface area contributed by atoms with Crippen LogP contribution in [0.2, 0.25) is 0 Å². The molecule has 0 fully saturated rings. The smallest absolute Gasteiger partial charge is 0.345 e. The van der Waals surface area contributed by atoms with Gasteiger partial charge in [-0.1, -0.05) is 0 Å². The van der Waals surface area contributed by atoms with Gasteiger partial charge in [-0.2, -0.15) is 0 Å². The maximum Gasteiger partial charge on any atom is 0.345 e. The Balaban J connectivity index is 2.31. The fourth-order valence-electron chi connectivity index (χ4n) is 1.22. The van der Waals surface area contributed by atoms with Crippen molar-refractivity contribution >= 4 is 23.1 Å². The van der Waals surface area contributed by atoms with Crippen molar-refractivity contribution in [1.82, 2.24) is 4.98 Å². The summed E-state index contributed by atoms with van der Waals surface area (Å²) in [4.78, 5) is 26.9. The Kier molecular flexibility index (Phi) is 2.78. The average Bonchev–Trinajstić information content (AvgIpc) is 2.78. The van der Waals surface area contributed by atoms with Crippen molar-refractivity contribution in [2.75, 3.05) is 0 Å². The van der Waals surface area contributed by atoms with Gasteiger partial charge in [-0.25, -0.2) is 4.79 Å². The molecular formula is C11H7NO3S. The Morgan fingerprint density at radius 1 is 1.06 bits per heavy atom. The molecule has 16 heavy (non-hydrogen) atoms. The zero-order valence-electron chi connectivity index (χ0n) is 8.08. The monoisotopic (exact) mass is 233 g/mol. The predicted octanol–water partition coefficient (Wildman–Crippen LogP) is 2.07. The molecule has 2 aromatic heterocycles. The Morgan fingerprint density at radius 2 is 1.69 bits per heavy atom. The molecule has 0 radical (unpaired) electrons. The molecule has 0 spiro atoms. The minimum Gasteiger partial charge on any atom is -0.477 e. The van der Waals surface area contributed by atoms with Gasteiger partial charge in [-0.05, 0) is 24.3 Å². The van der Waals surface area contributed by atoms with Gasteiger partial charge in [0.25, 0.3) is 0 Å². The zero-order valence-corrected chi connectivity index (χ0v) is 8.90. The van der Waals surface area contributed by atoms with Crippen LogP contribution in [-0.2, 0) is 0 Å². The largest absolute Gasteiger partial charge is 0.477 e. The first-order valence-electron chi connectivity index (χ1n) is 4.46. The molecule has 80 valence electrons. The summed E-state index contributed by atoms with van der Waals surface area (Å²) in [6, 6.07) is 6.16. The number of carbonyl (C=O) groups excluding carboxylic acids is 1. The summed E-state index contributed by atoms with van der Waals surface area (Å²) in [6.45, 7) is 0. The SMILES string of the molecule is O=C(O)c1ccc(C(=O)c2ccncc2)s1. The number of ketones is 1. The van der Waals surface area contributed by atoms with E-state index in [9.17, 15) is 9.59 Å². The van der Waals surface area contributed by atoms with Gasteiger partial charge in [0.1, 0.15) is 4.88 Å². The third-order valence-electron chi connectivity index (χ3n) is 1.98. The lowest BCUT2D eigenvalue weighted by atomic mass is 10.1. The molecule has 0 aromatic carbocycles. The molecule has 0 unspecified atom stereocenters.